The predicted octanol–water partition coefficient (Wildman–Crippen LogP) is 2.50. The second kappa shape index (κ2) is 8.88. The molecule has 1 atom stereocenters. The van der Waals surface area contributed by atoms with Gasteiger partial charge in [0.05, 0.1) is 11.1 Å². The monoisotopic (exact) mass is 530 g/mol. The number of nitrogens with two attached hydrogens (primary N) is 1. The number of hydrogen-bond acceptors (Lipinski definition) is 8. The Morgan fingerprint density at radius 1 is 1.08 bits per heavy atom. The molecule has 2 aromatic carbocycles. The molecular weight excluding hydrogens is 511 g/mol. The normalized spacial score (nSPS) is 12.4. The molecule has 3 N–H and O–H groups in total. The number of fused-ring (bicyclic) bond motifs is 2. The first kappa shape index (κ1) is 23.5. The van der Waals surface area contributed by atoms with E-state index in [1.54, 1.807) is 48.9 Å². The molecule has 11 nitrogen and oxygen atoms in total. The topological polar surface area (TPSA) is 146 Å². The minimum absolute atomic E-state index is 0.0307. The van der Waals surface area contributed by atoms with E-state index in [9.17, 15) is 18.5 Å². The van der Waals surface area contributed by atoms with Gasteiger partial charge in [0.2, 0.25) is 0 Å². The molecule has 4 aromatic heterocycles. The Kier molecular flexibility index (Phi) is 5.49. The van der Waals surface area contributed by atoms with Crippen LogP contribution in [0.15, 0.2) is 76.8 Å². The van der Waals surface area contributed by atoms with E-state index in [0.717, 1.165) is 6.07 Å². The summed E-state index contributed by atoms with van der Waals surface area (Å²) in [6, 6.07) is 13.8. The van der Waals surface area contributed by atoms with Crippen LogP contribution in [0, 0.1) is 5.82 Å². The van der Waals surface area contributed by atoms with Crippen molar-refractivity contribution in [2.24, 2.45) is 0 Å². The molecule has 0 amide bonds. The molecular formula is C25H19FN8O3S. The van der Waals surface area contributed by atoms with E-state index in [2.05, 4.69) is 20.2 Å². The Labute approximate surface area is 216 Å². The van der Waals surface area contributed by atoms with E-state index in [4.69, 9.17) is 5.73 Å². The van der Waals surface area contributed by atoms with Gasteiger partial charge in [-0.1, -0.05) is 6.07 Å². The number of aromatic hydroxyl groups is 1. The lowest BCUT2D eigenvalue weighted by Gasteiger charge is -2.14. The summed E-state index contributed by atoms with van der Waals surface area (Å²) in [5.74, 6) is -0.517. The minimum Gasteiger partial charge on any atom is -0.508 e. The Balaban J connectivity index is 1.59. The second-order valence-corrected chi connectivity index (χ2v) is 9.89. The molecule has 0 saturated carbocycles. The van der Waals surface area contributed by atoms with Crippen molar-refractivity contribution in [2.45, 2.75) is 11.4 Å². The van der Waals surface area contributed by atoms with Crippen LogP contribution in [0.1, 0.15) is 5.82 Å². The Morgan fingerprint density at radius 2 is 1.92 bits per heavy atom. The number of phenols is 1. The second-order valence-electron chi connectivity index (χ2n) is 8.51. The number of anilines is 1. The third-order valence-electron chi connectivity index (χ3n) is 6.05. The Morgan fingerprint density at radius 3 is 2.71 bits per heavy atom. The molecule has 0 spiro atoms. The van der Waals surface area contributed by atoms with E-state index in [0.29, 0.717) is 33.0 Å². The van der Waals surface area contributed by atoms with Gasteiger partial charge >= 0.3 is 0 Å². The average molecular weight is 531 g/mol. The molecule has 4 heterocycles. The summed E-state index contributed by atoms with van der Waals surface area (Å²) in [6.45, 7) is -0.0307. The number of halogens is 1. The highest BCUT2D eigenvalue weighted by Crippen LogP contribution is 2.32. The standard InChI is InChI=1S/C25H19FN8O3S/c1-38(37)18-5-2-4-16(11-18)34-20(30-32-7-3-6-19(32)25(34)36)12-33-24-21(23(27)28-13-29-24)22(31-33)14-8-15(26)10-17(35)9-14/h2-11,13,35H,12H2,1H3,(H2,27,28,29). The number of hydrogen-bond donors (Lipinski definition) is 2. The van der Waals surface area contributed by atoms with E-state index in [1.807, 2.05) is 0 Å². The van der Waals surface area contributed by atoms with Crippen LogP contribution in [0.2, 0.25) is 0 Å². The maximum absolute atomic E-state index is 14.1. The van der Waals surface area contributed by atoms with Gasteiger partial charge in [-0.25, -0.2) is 23.6 Å². The van der Waals surface area contributed by atoms with Crippen molar-refractivity contribution in [2.75, 3.05) is 12.0 Å². The molecule has 6 rings (SSSR count). The molecule has 0 aliphatic carbocycles. The molecule has 0 aliphatic rings. The van der Waals surface area contributed by atoms with Crippen molar-refractivity contribution >= 4 is 33.2 Å². The third kappa shape index (κ3) is 3.89. The van der Waals surface area contributed by atoms with Crippen LogP contribution in [0.3, 0.4) is 0 Å². The molecule has 38 heavy (non-hydrogen) atoms. The number of aromatic nitrogens is 7. The van der Waals surface area contributed by atoms with Crippen LogP contribution in [0.4, 0.5) is 10.2 Å². The molecule has 190 valence electrons. The van der Waals surface area contributed by atoms with Crippen LogP contribution in [0.25, 0.3) is 33.5 Å². The highest BCUT2D eigenvalue weighted by Gasteiger charge is 2.21. The van der Waals surface area contributed by atoms with Crippen molar-refractivity contribution in [1.82, 2.24) is 33.9 Å². The summed E-state index contributed by atoms with van der Waals surface area (Å²) < 4.78 is 30.7. The van der Waals surface area contributed by atoms with E-state index < -0.39 is 16.6 Å². The lowest BCUT2D eigenvalue weighted by molar-refractivity contribution is 0.469. The van der Waals surface area contributed by atoms with E-state index in [-0.39, 0.29) is 34.9 Å². The summed E-state index contributed by atoms with van der Waals surface area (Å²) in [5.41, 5.74) is 7.52. The van der Waals surface area contributed by atoms with Crippen LogP contribution >= 0.6 is 0 Å². The fourth-order valence-corrected chi connectivity index (χ4v) is 4.94. The summed E-state index contributed by atoms with van der Waals surface area (Å²) in [5, 5.41) is 19.6. The summed E-state index contributed by atoms with van der Waals surface area (Å²) in [4.78, 5) is 22.5. The van der Waals surface area contributed by atoms with Crippen molar-refractivity contribution < 1.29 is 13.7 Å². The summed E-state index contributed by atoms with van der Waals surface area (Å²) >= 11 is 0. The van der Waals surface area contributed by atoms with Gasteiger partial charge in [-0.3, -0.25) is 13.6 Å². The maximum atomic E-state index is 14.1. The van der Waals surface area contributed by atoms with Gasteiger partial charge in [-0.05, 0) is 42.5 Å². The lowest BCUT2D eigenvalue weighted by Crippen LogP contribution is -2.27. The highest BCUT2D eigenvalue weighted by molar-refractivity contribution is 7.84. The smallest absolute Gasteiger partial charge is 0.282 e. The van der Waals surface area contributed by atoms with Crippen LogP contribution in [0.5, 0.6) is 5.75 Å². The van der Waals surface area contributed by atoms with Gasteiger partial charge in [0.15, 0.2) is 11.5 Å². The number of benzene rings is 2. The molecule has 6 aromatic rings. The molecule has 0 aliphatic heterocycles. The average Bonchev–Trinajstić information content (AvgIpc) is 3.50. The zero-order valence-corrected chi connectivity index (χ0v) is 20.6. The predicted molar refractivity (Wildman–Crippen MR) is 139 cm³/mol. The molecule has 1 unspecified atom stereocenters. The van der Waals surface area contributed by atoms with Gasteiger partial charge < -0.3 is 10.8 Å². The fourth-order valence-electron chi connectivity index (χ4n) is 4.39. The number of phenolic OH excluding ortho intramolecular Hbond substituents is 1. The van der Waals surface area contributed by atoms with Crippen molar-refractivity contribution in [1.29, 1.82) is 0 Å². The van der Waals surface area contributed by atoms with Gasteiger partial charge in [0.1, 0.15) is 41.5 Å². The van der Waals surface area contributed by atoms with E-state index in [1.165, 1.54) is 32.2 Å². The number of rotatable bonds is 5. The fraction of sp³-hybridized carbons (Fsp3) is 0.0800. The number of nitrogens with zero attached hydrogens (tertiary/aromatic N) is 7. The van der Waals surface area contributed by atoms with Gasteiger partial charge in [-0.2, -0.15) is 10.2 Å². The van der Waals surface area contributed by atoms with Crippen molar-refractivity contribution in [3.8, 4) is 22.7 Å². The van der Waals surface area contributed by atoms with E-state index >= 15 is 0 Å². The first-order valence-electron chi connectivity index (χ1n) is 11.3. The SMILES string of the molecule is CS(=O)c1cccc(-n2c(Cn3nc(-c4cc(O)cc(F)c4)c4c(N)ncnc43)nn3cccc3c2=O)c1. The zero-order valence-electron chi connectivity index (χ0n) is 19.8. The maximum Gasteiger partial charge on any atom is 0.282 e. The molecule has 0 saturated heterocycles. The van der Waals surface area contributed by atoms with Crippen molar-refractivity contribution in [3.63, 3.8) is 0 Å². The minimum atomic E-state index is -1.27. The van der Waals surface area contributed by atoms with Gasteiger partial charge in [0.25, 0.3) is 5.56 Å². The van der Waals surface area contributed by atoms with Crippen LogP contribution in [-0.2, 0) is 17.3 Å². The molecule has 0 radical (unpaired) electrons. The van der Waals surface area contributed by atoms with Crippen LogP contribution < -0.4 is 11.3 Å². The lowest BCUT2D eigenvalue weighted by atomic mass is 10.1. The van der Waals surface area contributed by atoms with Gasteiger partial charge in [-0.15, -0.1) is 0 Å². The number of nitrogen functional groups attached to an aromatic ring is 1. The molecule has 0 bridgehead atoms. The Hall–Kier alpha value is -4.91. The van der Waals surface area contributed by atoms with Gasteiger partial charge in [0, 0.05) is 39.8 Å². The third-order valence-corrected chi connectivity index (χ3v) is 6.96. The summed E-state index contributed by atoms with van der Waals surface area (Å²) in [7, 11) is -1.27. The Bertz CT molecular complexity index is 1940. The van der Waals surface area contributed by atoms with Crippen LogP contribution in [-0.4, -0.2) is 49.5 Å². The molecule has 13 heteroatoms. The zero-order chi connectivity index (χ0) is 26.6. The quantitative estimate of drug-likeness (QED) is 0.346. The first-order chi connectivity index (χ1) is 18.3. The largest absolute Gasteiger partial charge is 0.508 e. The first-order valence-corrected chi connectivity index (χ1v) is 12.9. The highest BCUT2D eigenvalue weighted by atomic mass is 32.2. The van der Waals surface area contributed by atoms with Crippen molar-refractivity contribution in [3.05, 3.63) is 89.1 Å². The summed E-state index contributed by atoms with van der Waals surface area (Å²) in [6.07, 6.45) is 4.49. The molecule has 0 fully saturated rings.